The molecule has 1 rings (SSSR count). The highest BCUT2D eigenvalue weighted by molar-refractivity contribution is 5.54. The SMILES string of the molecule is C=Cc1ccc(N(C)C)cc1.N=C=O. The Hall–Kier alpha value is -1.86. The lowest BCUT2D eigenvalue weighted by Crippen LogP contribution is -2.07. The standard InChI is InChI=1S/C10H13N.CHNO/c1-4-9-5-7-10(8-6-9)11(2)3;2-1-3/h4-8H,1H2,2-3H3;2H. The fourth-order valence-corrected chi connectivity index (χ4v) is 0.909. The second kappa shape index (κ2) is 6.63. The van der Waals surface area contributed by atoms with E-state index in [9.17, 15) is 0 Å². The molecule has 0 unspecified atom stereocenters. The average Bonchev–Trinajstić information content (AvgIpc) is 2.19. The summed E-state index contributed by atoms with van der Waals surface area (Å²) >= 11 is 0. The summed E-state index contributed by atoms with van der Waals surface area (Å²) in [5.74, 6) is 0. The van der Waals surface area contributed by atoms with Gasteiger partial charge in [0.1, 0.15) is 0 Å². The number of rotatable bonds is 2. The van der Waals surface area contributed by atoms with Crippen LogP contribution in [0.3, 0.4) is 0 Å². The van der Waals surface area contributed by atoms with Gasteiger partial charge < -0.3 is 4.90 Å². The molecule has 14 heavy (non-hydrogen) atoms. The zero-order valence-corrected chi connectivity index (χ0v) is 8.45. The molecule has 0 aliphatic carbocycles. The third kappa shape index (κ3) is 4.24. The number of nitrogens with zero attached hydrogens (tertiary/aromatic N) is 1. The van der Waals surface area contributed by atoms with E-state index in [1.54, 1.807) is 0 Å². The van der Waals surface area contributed by atoms with E-state index in [-0.39, 0.29) is 0 Å². The van der Waals surface area contributed by atoms with E-state index in [0.717, 1.165) is 11.6 Å². The molecular formula is C11H14N2O. The molecule has 0 bridgehead atoms. The molecule has 74 valence electrons. The van der Waals surface area contributed by atoms with Crippen LogP contribution in [0.2, 0.25) is 0 Å². The maximum atomic E-state index is 8.35. The lowest BCUT2D eigenvalue weighted by Gasteiger charge is -2.11. The van der Waals surface area contributed by atoms with Crippen LogP contribution < -0.4 is 4.90 Å². The Morgan fingerprint density at radius 1 is 1.36 bits per heavy atom. The van der Waals surface area contributed by atoms with Crippen LogP contribution in [0, 0.1) is 5.41 Å². The van der Waals surface area contributed by atoms with Gasteiger partial charge in [0.05, 0.1) is 0 Å². The predicted molar refractivity (Wildman–Crippen MR) is 59.3 cm³/mol. The first kappa shape index (κ1) is 12.1. The monoisotopic (exact) mass is 190 g/mol. The first-order chi connectivity index (χ1) is 6.65. The van der Waals surface area contributed by atoms with E-state index in [1.807, 2.05) is 20.2 Å². The number of anilines is 1. The molecule has 0 aliphatic heterocycles. The van der Waals surface area contributed by atoms with Crippen LogP contribution in [-0.4, -0.2) is 20.2 Å². The third-order valence-corrected chi connectivity index (χ3v) is 1.65. The van der Waals surface area contributed by atoms with Crippen molar-refractivity contribution >= 4 is 17.8 Å². The Morgan fingerprint density at radius 2 is 1.79 bits per heavy atom. The van der Waals surface area contributed by atoms with Gasteiger partial charge in [-0.2, -0.15) is 0 Å². The molecule has 0 radical (unpaired) electrons. The van der Waals surface area contributed by atoms with Crippen molar-refractivity contribution in [1.82, 2.24) is 0 Å². The summed E-state index contributed by atoms with van der Waals surface area (Å²) < 4.78 is 0. The normalized spacial score (nSPS) is 7.86. The zero-order chi connectivity index (χ0) is 11.0. The van der Waals surface area contributed by atoms with Gasteiger partial charge in [-0.15, -0.1) is 0 Å². The van der Waals surface area contributed by atoms with Crippen LogP contribution in [0.15, 0.2) is 30.8 Å². The minimum atomic E-state index is 0.750. The van der Waals surface area contributed by atoms with Gasteiger partial charge in [0.25, 0.3) is 0 Å². The van der Waals surface area contributed by atoms with E-state index in [4.69, 9.17) is 10.2 Å². The Bertz CT molecular complexity index is 309. The summed E-state index contributed by atoms with van der Waals surface area (Å²) in [5.41, 5.74) is 2.38. The molecule has 0 aromatic heterocycles. The van der Waals surface area contributed by atoms with Gasteiger partial charge in [0.15, 0.2) is 0 Å². The van der Waals surface area contributed by atoms with E-state index in [1.165, 1.54) is 5.69 Å². The first-order valence-electron chi connectivity index (χ1n) is 4.09. The van der Waals surface area contributed by atoms with Crippen molar-refractivity contribution in [3.8, 4) is 0 Å². The van der Waals surface area contributed by atoms with Crippen molar-refractivity contribution in [2.24, 2.45) is 0 Å². The zero-order valence-electron chi connectivity index (χ0n) is 8.45. The Labute approximate surface area is 84.2 Å². The lowest BCUT2D eigenvalue weighted by molar-refractivity contribution is 0.563. The van der Waals surface area contributed by atoms with Crippen LogP contribution in [0.1, 0.15) is 5.56 Å². The van der Waals surface area contributed by atoms with Gasteiger partial charge in [-0.1, -0.05) is 24.8 Å². The van der Waals surface area contributed by atoms with E-state index in [2.05, 4.69) is 35.7 Å². The van der Waals surface area contributed by atoms with Crippen LogP contribution in [0.25, 0.3) is 6.08 Å². The van der Waals surface area contributed by atoms with Gasteiger partial charge in [-0.3, -0.25) is 0 Å². The number of benzene rings is 1. The number of hydrogen-bond acceptors (Lipinski definition) is 3. The van der Waals surface area contributed by atoms with Gasteiger partial charge in [0.2, 0.25) is 6.08 Å². The summed E-state index contributed by atoms with van der Waals surface area (Å²) in [6, 6.07) is 8.28. The molecule has 0 heterocycles. The van der Waals surface area contributed by atoms with Crippen molar-refractivity contribution in [3.05, 3.63) is 36.4 Å². The van der Waals surface area contributed by atoms with E-state index in [0.29, 0.717) is 0 Å². The van der Waals surface area contributed by atoms with Crippen LogP contribution in [0.5, 0.6) is 0 Å². The van der Waals surface area contributed by atoms with Crippen molar-refractivity contribution in [2.45, 2.75) is 0 Å². The number of hydrogen-bond donors (Lipinski definition) is 1. The maximum absolute atomic E-state index is 8.35. The molecule has 1 aromatic rings. The average molecular weight is 190 g/mol. The molecule has 0 amide bonds. The minimum absolute atomic E-state index is 0.750. The highest BCUT2D eigenvalue weighted by atomic mass is 16.1. The molecule has 0 aliphatic rings. The molecule has 0 spiro atoms. The highest BCUT2D eigenvalue weighted by Crippen LogP contribution is 2.12. The number of isocyanates is 1. The largest absolute Gasteiger partial charge is 0.378 e. The van der Waals surface area contributed by atoms with Crippen molar-refractivity contribution in [1.29, 1.82) is 5.41 Å². The summed E-state index contributed by atoms with van der Waals surface area (Å²) in [7, 11) is 4.06. The summed E-state index contributed by atoms with van der Waals surface area (Å²) in [4.78, 5) is 10.4. The quantitative estimate of drug-likeness (QED) is 0.574. The van der Waals surface area contributed by atoms with Crippen molar-refractivity contribution in [2.75, 3.05) is 19.0 Å². The minimum Gasteiger partial charge on any atom is -0.378 e. The highest BCUT2D eigenvalue weighted by Gasteiger charge is 1.91. The lowest BCUT2D eigenvalue weighted by atomic mass is 10.2. The molecule has 0 saturated heterocycles. The number of carbonyl (C=O) groups excluding carboxylic acids is 1. The maximum Gasteiger partial charge on any atom is 0.231 e. The van der Waals surface area contributed by atoms with Crippen LogP contribution >= 0.6 is 0 Å². The topological polar surface area (TPSA) is 44.2 Å². The van der Waals surface area contributed by atoms with Gasteiger partial charge in [-0.25, -0.2) is 10.2 Å². The fourth-order valence-electron chi connectivity index (χ4n) is 0.909. The molecule has 1 N–H and O–H groups in total. The van der Waals surface area contributed by atoms with Crippen molar-refractivity contribution < 1.29 is 4.79 Å². The fraction of sp³-hybridized carbons (Fsp3) is 0.182. The summed E-state index contributed by atoms with van der Waals surface area (Å²) in [6.07, 6.45) is 2.60. The second-order valence-electron chi connectivity index (χ2n) is 2.79. The van der Waals surface area contributed by atoms with Gasteiger partial charge >= 0.3 is 0 Å². The Kier molecular flexibility index (Phi) is 5.75. The molecule has 3 nitrogen and oxygen atoms in total. The second-order valence-corrected chi connectivity index (χ2v) is 2.79. The molecule has 0 fully saturated rings. The van der Waals surface area contributed by atoms with Crippen LogP contribution in [0.4, 0.5) is 5.69 Å². The summed E-state index contributed by atoms with van der Waals surface area (Å²) in [5, 5.41) is 5.40. The molecule has 3 heteroatoms. The van der Waals surface area contributed by atoms with Crippen molar-refractivity contribution in [3.63, 3.8) is 0 Å². The van der Waals surface area contributed by atoms with Gasteiger partial charge in [-0.05, 0) is 17.7 Å². The molecular weight excluding hydrogens is 176 g/mol. The third-order valence-electron chi connectivity index (χ3n) is 1.65. The van der Waals surface area contributed by atoms with Gasteiger partial charge in [0, 0.05) is 19.8 Å². The Morgan fingerprint density at radius 3 is 2.07 bits per heavy atom. The van der Waals surface area contributed by atoms with E-state index >= 15 is 0 Å². The van der Waals surface area contributed by atoms with E-state index < -0.39 is 0 Å². The molecule has 1 aromatic carbocycles. The smallest absolute Gasteiger partial charge is 0.231 e. The molecule has 0 atom stereocenters. The Balaban J connectivity index is 0.000000500. The number of nitrogens with one attached hydrogen (secondary N) is 1. The predicted octanol–water partition coefficient (Wildman–Crippen LogP) is 2.30. The van der Waals surface area contributed by atoms with Crippen LogP contribution in [-0.2, 0) is 4.79 Å². The first-order valence-corrected chi connectivity index (χ1v) is 4.09. The molecule has 0 saturated carbocycles. The summed E-state index contributed by atoms with van der Waals surface area (Å²) in [6.45, 7) is 3.69.